The van der Waals surface area contributed by atoms with Crippen LogP contribution in [0.5, 0.6) is 0 Å². The van der Waals surface area contributed by atoms with Crippen LogP contribution in [0.25, 0.3) is 11.4 Å². The molecular weight excluding hydrogens is 188 g/mol. The van der Waals surface area contributed by atoms with Crippen molar-refractivity contribution in [2.45, 2.75) is 6.92 Å². The van der Waals surface area contributed by atoms with E-state index in [1.54, 1.807) is 10.8 Å². The average Bonchev–Trinajstić information content (AvgIpc) is 2.62. The number of aromatic nitrogens is 4. The molecule has 13 heavy (non-hydrogen) atoms. The van der Waals surface area contributed by atoms with Crippen molar-refractivity contribution in [1.29, 1.82) is 0 Å². The van der Waals surface area contributed by atoms with Crippen molar-refractivity contribution in [1.82, 2.24) is 19.9 Å². The summed E-state index contributed by atoms with van der Waals surface area (Å²) in [4.78, 5) is 0. The predicted octanol–water partition coefficient (Wildman–Crippen LogP) is 1.44. The third-order valence-electron chi connectivity index (χ3n) is 1.87. The summed E-state index contributed by atoms with van der Waals surface area (Å²) in [5.41, 5.74) is 0.856. The van der Waals surface area contributed by atoms with Crippen LogP contribution >= 0.6 is 12.2 Å². The molecule has 0 aliphatic rings. The summed E-state index contributed by atoms with van der Waals surface area (Å²) >= 11 is 4.99. The first kappa shape index (κ1) is 8.18. The van der Waals surface area contributed by atoms with Crippen LogP contribution in [0.2, 0.25) is 0 Å². The molecular formula is C7H8N4OS. The van der Waals surface area contributed by atoms with E-state index < -0.39 is 0 Å². The zero-order chi connectivity index (χ0) is 9.42. The summed E-state index contributed by atoms with van der Waals surface area (Å²) in [5.74, 6) is 1.47. The Balaban J connectivity index is 2.65. The molecule has 0 radical (unpaired) electrons. The van der Waals surface area contributed by atoms with Crippen LogP contribution in [0.4, 0.5) is 0 Å². The lowest BCUT2D eigenvalue weighted by atomic mass is 10.2. The second kappa shape index (κ2) is 2.81. The van der Waals surface area contributed by atoms with Gasteiger partial charge in [-0.1, -0.05) is 5.16 Å². The lowest BCUT2D eigenvalue weighted by Gasteiger charge is -1.95. The van der Waals surface area contributed by atoms with Crippen molar-refractivity contribution in [3.63, 3.8) is 0 Å². The molecule has 0 spiro atoms. The molecule has 0 saturated heterocycles. The standard InChI is InChI=1S/C7H8N4OS/c1-4-5(3-8-12-4)6-9-10-7(13)11(6)2/h3H,1-2H3,(H,10,13). The molecule has 0 aromatic carbocycles. The highest BCUT2D eigenvalue weighted by atomic mass is 32.1. The quantitative estimate of drug-likeness (QED) is 0.701. The molecule has 0 fully saturated rings. The van der Waals surface area contributed by atoms with Gasteiger partial charge in [0.2, 0.25) is 0 Å². The Hall–Kier alpha value is -1.43. The molecule has 2 rings (SSSR count). The first-order chi connectivity index (χ1) is 6.20. The summed E-state index contributed by atoms with van der Waals surface area (Å²) in [6.45, 7) is 1.83. The first-order valence-electron chi connectivity index (χ1n) is 3.73. The zero-order valence-corrected chi connectivity index (χ0v) is 8.05. The van der Waals surface area contributed by atoms with E-state index in [2.05, 4.69) is 15.4 Å². The molecule has 6 heteroatoms. The molecule has 0 unspecified atom stereocenters. The van der Waals surface area contributed by atoms with E-state index >= 15 is 0 Å². The van der Waals surface area contributed by atoms with Crippen LogP contribution < -0.4 is 0 Å². The fourth-order valence-corrected chi connectivity index (χ4v) is 1.23. The fourth-order valence-electron chi connectivity index (χ4n) is 1.10. The first-order valence-corrected chi connectivity index (χ1v) is 4.14. The zero-order valence-electron chi connectivity index (χ0n) is 7.24. The van der Waals surface area contributed by atoms with E-state index in [1.807, 2.05) is 14.0 Å². The van der Waals surface area contributed by atoms with Gasteiger partial charge in [-0.15, -0.1) is 0 Å². The van der Waals surface area contributed by atoms with Crippen LogP contribution in [-0.2, 0) is 7.05 Å². The van der Waals surface area contributed by atoms with Gasteiger partial charge in [0.1, 0.15) is 5.76 Å². The fraction of sp³-hybridized carbons (Fsp3) is 0.286. The van der Waals surface area contributed by atoms with Crippen molar-refractivity contribution < 1.29 is 4.52 Å². The summed E-state index contributed by atoms with van der Waals surface area (Å²) in [7, 11) is 1.84. The Kier molecular flexibility index (Phi) is 1.77. The van der Waals surface area contributed by atoms with E-state index in [9.17, 15) is 0 Å². The van der Waals surface area contributed by atoms with Gasteiger partial charge in [-0.3, -0.25) is 5.10 Å². The Morgan fingerprint density at radius 3 is 2.85 bits per heavy atom. The molecule has 0 saturated carbocycles. The van der Waals surface area contributed by atoms with Gasteiger partial charge in [-0.25, -0.2) is 0 Å². The number of nitrogens with zero attached hydrogens (tertiary/aromatic N) is 3. The Labute approximate surface area is 79.4 Å². The van der Waals surface area contributed by atoms with Crippen LogP contribution in [0.15, 0.2) is 10.7 Å². The highest BCUT2D eigenvalue weighted by Gasteiger charge is 2.11. The molecule has 2 heterocycles. The lowest BCUT2D eigenvalue weighted by molar-refractivity contribution is 0.398. The number of aromatic amines is 1. The summed E-state index contributed by atoms with van der Waals surface area (Å²) in [6.07, 6.45) is 1.63. The third-order valence-corrected chi connectivity index (χ3v) is 2.24. The van der Waals surface area contributed by atoms with Crippen LogP contribution in [-0.4, -0.2) is 19.9 Å². The number of nitrogens with one attached hydrogen (secondary N) is 1. The normalized spacial score (nSPS) is 10.6. The van der Waals surface area contributed by atoms with Gasteiger partial charge in [0.15, 0.2) is 10.6 Å². The van der Waals surface area contributed by atoms with Crippen molar-refractivity contribution in [2.24, 2.45) is 7.05 Å². The van der Waals surface area contributed by atoms with E-state index in [1.165, 1.54) is 0 Å². The molecule has 0 bridgehead atoms. The monoisotopic (exact) mass is 196 g/mol. The van der Waals surface area contributed by atoms with Crippen LogP contribution in [0, 0.1) is 11.7 Å². The van der Waals surface area contributed by atoms with Gasteiger partial charge >= 0.3 is 0 Å². The van der Waals surface area contributed by atoms with Gasteiger partial charge in [0, 0.05) is 7.05 Å². The second-order valence-corrected chi connectivity index (χ2v) is 3.09. The molecule has 1 N–H and O–H groups in total. The predicted molar refractivity (Wildman–Crippen MR) is 48.6 cm³/mol. The average molecular weight is 196 g/mol. The summed E-state index contributed by atoms with van der Waals surface area (Å²) < 4.78 is 7.28. The van der Waals surface area contributed by atoms with Gasteiger partial charge < -0.3 is 9.09 Å². The van der Waals surface area contributed by atoms with Gasteiger partial charge in [0.05, 0.1) is 11.8 Å². The minimum absolute atomic E-state index is 0.579. The van der Waals surface area contributed by atoms with Gasteiger partial charge in [-0.2, -0.15) is 5.10 Å². The number of hydrogen-bond acceptors (Lipinski definition) is 4. The molecule has 2 aromatic rings. The Morgan fingerprint density at radius 1 is 1.62 bits per heavy atom. The summed E-state index contributed by atoms with van der Waals surface area (Å²) in [6, 6.07) is 0. The van der Waals surface area contributed by atoms with Crippen molar-refractivity contribution in [3.8, 4) is 11.4 Å². The number of hydrogen-bond donors (Lipinski definition) is 1. The SMILES string of the molecule is Cc1oncc1-c1n[nH]c(=S)n1C. The van der Waals surface area contributed by atoms with Gasteiger partial charge in [0.25, 0.3) is 0 Å². The third kappa shape index (κ3) is 1.19. The minimum Gasteiger partial charge on any atom is -0.361 e. The topological polar surface area (TPSA) is 59.6 Å². The summed E-state index contributed by atoms with van der Waals surface area (Å²) in [5, 5.41) is 10.4. The Bertz CT molecular complexity index is 481. The molecule has 68 valence electrons. The second-order valence-electron chi connectivity index (χ2n) is 2.71. The Morgan fingerprint density at radius 2 is 2.38 bits per heavy atom. The number of H-pyrrole nitrogens is 1. The van der Waals surface area contributed by atoms with Crippen molar-refractivity contribution >= 4 is 12.2 Å². The van der Waals surface area contributed by atoms with Crippen molar-refractivity contribution in [3.05, 3.63) is 16.7 Å². The molecule has 0 atom stereocenters. The van der Waals surface area contributed by atoms with Crippen molar-refractivity contribution in [2.75, 3.05) is 0 Å². The molecule has 5 nitrogen and oxygen atoms in total. The maximum atomic E-state index is 4.99. The van der Waals surface area contributed by atoms with E-state index in [-0.39, 0.29) is 0 Å². The number of aryl methyl sites for hydroxylation is 1. The minimum atomic E-state index is 0.579. The number of rotatable bonds is 1. The van der Waals surface area contributed by atoms with E-state index in [4.69, 9.17) is 16.7 Å². The largest absolute Gasteiger partial charge is 0.361 e. The van der Waals surface area contributed by atoms with E-state index in [0.717, 1.165) is 17.1 Å². The van der Waals surface area contributed by atoms with Crippen LogP contribution in [0.1, 0.15) is 5.76 Å². The molecule has 2 aromatic heterocycles. The maximum absolute atomic E-state index is 4.99. The highest BCUT2D eigenvalue weighted by molar-refractivity contribution is 7.71. The highest BCUT2D eigenvalue weighted by Crippen LogP contribution is 2.19. The molecule has 0 aliphatic carbocycles. The van der Waals surface area contributed by atoms with E-state index in [0.29, 0.717) is 4.77 Å². The maximum Gasteiger partial charge on any atom is 0.195 e. The van der Waals surface area contributed by atoms with Crippen LogP contribution in [0.3, 0.4) is 0 Å². The van der Waals surface area contributed by atoms with Gasteiger partial charge in [-0.05, 0) is 19.1 Å². The molecule has 0 aliphatic heterocycles. The lowest BCUT2D eigenvalue weighted by Crippen LogP contribution is -1.92. The molecule has 0 amide bonds. The smallest absolute Gasteiger partial charge is 0.195 e.